The Morgan fingerprint density at radius 3 is 2.38 bits per heavy atom. The van der Waals surface area contributed by atoms with Crippen LogP contribution < -0.4 is 0 Å². The van der Waals surface area contributed by atoms with Crippen molar-refractivity contribution in [3.8, 4) is 0 Å². The highest BCUT2D eigenvalue weighted by Crippen LogP contribution is 2.08. The Hall–Kier alpha value is -1.78. The van der Waals surface area contributed by atoms with E-state index in [2.05, 4.69) is 10.3 Å². The molecule has 0 fully saturated rings. The predicted molar refractivity (Wildman–Crippen MR) is 46.7 cm³/mol. The van der Waals surface area contributed by atoms with Crippen LogP contribution in [0.4, 0.5) is 0 Å². The van der Waals surface area contributed by atoms with E-state index in [-0.39, 0.29) is 11.4 Å². The maximum absolute atomic E-state index is 8.63. The van der Waals surface area contributed by atoms with Gasteiger partial charge in [0.05, 0.1) is 0 Å². The van der Waals surface area contributed by atoms with Crippen LogP contribution in [0, 0.1) is 6.92 Å². The van der Waals surface area contributed by atoms with E-state index in [0.717, 1.165) is 0 Å². The molecule has 1 aromatic rings. The molecule has 1 rings (SSSR count). The average Bonchev–Trinajstić information content (AvgIpc) is 2.53. The van der Waals surface area contributed by atoms with Gasteiger partial charge in [0.2, 0.25) is 0 Å². The molecular weight excluding hydrogens is 172 g/mol. The molecule has 0 aliphatic heterocycles. The summed E-state index contributed by atoms with van der Waals surface area (Å²) < 4.78 is 5.18. The fourth-order valence-corrected chi connectivity index (χ4v) is 0.909. The van der Waals surface area contributed by atoms with Crippen molar-refractivity contribution in [2.45, 2.75) is 13.8 Å². The standard InChI is InChI=1S/C8H10N2O3/c1-5-3-4-7(13-5)8(10-12)6(2)9-11/h3-4,11-12H,1-2H3/b9-6-,10-8+. The molecule has 70 valence electrons. The van der Waals surface area contributed by atoms with Crippen LogP contribution >= 0.6 is 0 Å². The molecule has 1 aromatic heterocycles. The summed E-state index contributed by atoms with van der Waals surface area (Å²) in [7, 11) is 0. The first kappa shape index (κ1) is 9.31. The molecule has 0 aromatic carbocycles. The van der Waals surface area contributed by atoms with Crippen LogP contribution in [0.3, 0.4) is 0 Å². The zero-order valence-electron chi connectivity index (χ0n) is 7.35. The molecule has 5 nitrogen and oxygen atoms in total. The highest BCUT2D eigenvalue weighted by atomic mass is 16.4. The maximum atomic E-state index is 8.63. The largest absolute Gasteiger partial charge is 0.460 e. The minimum absolute atomic E-state index is 0.121. The van der Waals surface area contributed by atoms with Gasteiger partial charge in [0, 0.05) is 0 Å². The second-order valence-corrected chi connectivity index (χ2v) is 2.54. The van der Waals surface area contributed by atoms with Crippen LogP contribution in [0.1, 0.15) is 18.4 Å². The average molecular weight is 182 g/mol. The van der Waals surface area contributed by atoms with Gasteiger partial charge in [-0.3, -0.25) is 0 Å². The minimum Gasteiger partial charge on any atom is -0.460 e. The van der Waals surface area contributed by atoms with Gasteiger partial charge in [0.15, 0.2) is 11.5 Å². The van der Waals surface area contributed by atoms with Crippen molar-refractivity contribution in [3.05, 3.63) is 23.7 Å². The van der Waals surface area contributed by atoms with E-state index in [1.807, 2.05) is 0 Å². The number of hydrogen-bond donors (Lipinski definition) is 2. The highest BCUT2D eigenvalue weighted by Gasteiger charge is 2.12. The first-order chi connectivity index (χ1) is 6.19. The highest BCUT2D eigenvalue weighted by molar-refractivity contribution is 6.46. The molecule has 0 bridgehead atoms. The monoisotopic (exact) mass is 182 g/mol. The van der Waals surface area contributed by atoms with Crippen LogP contribution in [0.25, 0.3) is 0 Å². The van der Waals surface area contributed by atoms with Crippen LogP contribution in [-0.2, 0) is 0 Å². The number of furan rings is 1. The Labute approximate surface area is 75.0 Å². The summed E-state index contributed by atoms with van der Waals surface area (Å²) in [6, 6.07) is 3.37. The summed E-state index contributed by atoms with van der Waals surface area (Å²) in [6.45, 7) is 3.27. The van der Waals surface area contributed by atoms with Gasteiger partial charge in [-0.05, 0) is 26.0 Å². The lowest BCUT2D eigenvalue weighted by Crippen LogP contribution is -2.11. The van der Waals surface area contributed by atoms with Crippen molar-refractivity contribution in [3.63, 3.8) is 0 Å². The molecular formula is C8H10N2O3. The molecule has 13 heavy (non-hydrogen) atoms. The Bertz CT molecular complexity index is 352. The maximum Gasteiger partial charge on any atom is 0.169 e. The molecule has 0 saturated heterocycles. The third-order valence-electron chi connectivity index (χ3n) is 1.57. The molecule has 0 radical (unpaired) electrons. The predicted octanol–water partition coefficient (Wildman–Crippen LogP) is 1.62. The van der Waals surface area contributed by atoms with E-state index >= 15 is 0 Å². The first-order valence-corrected chi connectivity index (χ1v) is 3.67. The number of nitrogens with zero attached hydrogens (tertiary/aromatic N) is 2. The van der Waals surface area contributed by atoms with Crippen LogP contribution in [0.5, 0.6) is 0 Å². The smallest absolute Gasteiger partial charge is 0.169 e. The van der Waals surface area contributed by atoms with E-state index in [4.69, 9.17) is 14.8 Å². The van der Waals surface area contributed by atoms with E-state index in [1.165, 1.54) is 6.92 Å². The Balaban J connectivity index is 3.06. The molecule has 0 saturated carbocycles. The minimum atomic E-state index is 0.121. The first-order valence-electron chi connectivity index (χ1n) is 3.67. The van der Waals surface area contributed by atoms with Gasteiger partial charge in [-0.1, -0.05) is 10.3 Å². The Morgan fingerprint density at radius 1 is 1.31 bits per heavy atom. The lowest BCUT2D eigenvalue weighted by atomic mass is 10.2. The molecule has 0 aliphatic rings. The quantitative estimate of drug-likeness (QED) is 0.414. The van der Waals surface area contributed by atoms with E-state index in [1.54, 1.807) is 19.1 Å². The van der Waals surface area contributed by atoms with Crippen molar-refractivity contribution >= 4 is 11.4 Å². The number of hydrogen-bond acceptors (Lipinski definition) is 5. The fraction of sp³-hybridized carbons (Fsp3) is 0.250. The zero-order chi connectivity index (χ0) is 9.84. The third kappa shape index (κ3) is 1.87. The summed E-state index contributed by atoms with van der Waals surface area (Å²) in [6.07, 6.45) is 0. The van der Waals surface area contributed by atoms with Gasteiger partial charge in [0.1, 0.15) is 11.5 Å². The Kier molecular flexibility index (Phi) is 2.69. The molecule has 0 amide bonds. The second-order valence-electron chi connectivity index (χ2n) is 2.54. The van der Waals surface area contributed by atoms with Gasteiger partial charge in [-0.25, -0.2) is 0 Å². The summed E-state index contributed by atoms with van der Waals surface area (Å²) in [5.41, 5.74) is 0.312. The van der Waals surface area contributed by atoms with Gasteiger partial charge < -0.3 is 14.8 Å². The fourth-order valence-electron chi connectivity index (χ4n) is 0.909. The number of rotatable bonds is 2. The van der Waals surface area contributed by atoms with E-state index < -0.39 is 0 Å². The van der Waals surface area contributed by atoms with Crippen molar-refractivity contribution in [2.24, 2.45) is 10.3 Å². The molecule has 0 spiro atoms. The normalized spacial score (nSPS) is 13.4. The summed E-state index contributed by atoms with van der Waals surface area (Å²) in [5, 5.41) is 23.0. The number of aryl methyl sites for hydroxylation is 1. The molecule has 5 heteroatoms. The topological polar surface area (TPSA) is 78.3 Å². The van der Waals surface area contributed by atoms with Crippen LogP contribution in [0.15, 0.2) is 26.9 Å². The van der Waals surface area contributed by atoms with Crippen molar-refractivity contribution in [2.75, 3.05) is 0 Å². The molecule has 1 heterocycles. The Morgan fingerprint density at radius 2 is 2.00 bits per heavy atom. The molecule has 2 N–H and O–H groups in total. The lowest BCUT2D eigenvalue weighted by Gasteiger charge is -1.96. The van der Waals surface area contributed by atoms with Gasteiger partial charge in [-0.15, -0.1) is 0 Å². The second kappa shape index (κ2) is 3.75. The molecule has 0 aliphatic carbocycles. The van der Waals surface area contributed by atoms with Crippen LogP contribution in [0.2, 0.25) is 0 Å². The SMILES string of the molecule is CC(=N/O)/C(=N\O)c1ccc(C)o1. The van der Waals surface area contributed by atoms with Gasteiger partial charge >= 0.3 is 0 Å². The van der Waals surface area contributed by atoms with Crippen molar-refractivity contribution in [1.29, 1.82) is 0 Å². The molecule has 0 atom stereocenters. The van der Waals surface area contributed by atoms with Gasteiger partial charge in [0.25, 0.3) is 0 Å². The third-order valence-corrected chi connectivity index (χ3v) is 1.57. The van der Waals surface area contributed by atoms with Crippen molar-refractivity contribution in [1.82, 2.24) is 0 Å². The van der Waals surface area contributed by atoms with Gasteiger partial charge in [-0.2, -0.15) is 0 Å². The summed E-state index contributed by atoms with van der Waals surface area (Å²) in [4.78, 5) is 0. The van der Waals surface area contributed by atoms with Crippen LogP contribution in [-0.4, -0.2) is 21.8 Å². The van der Waals surface area contributed by atoms with E-state index in [9.17, 15) is 0 Å². The zero-order valence-corrected chi connectivity index (χ0v) is 7.35. The lowest BCUT2D eigenvalue weighted by molar-refractivity contribution is 0.313. The summed E-state index contributed by atoms with van der Waals surface area (Å²) in [5.74, 6) is 1.07. The van der Waals surface area contributed by atoms with Crippen molar-refractivity contribution < 1.29 is 14.8 Å². The number of oxime groups is 2. The van der Waals surface area contributed by atoms with E-state index in [0.29, 0.717) is 11.5 Å². The summed E-state index contributed by atoms with van der Waals surface area (Å²) >= 11 is 0. The molecule has 0 unspecified atom stereocenters.